The van der Waals surface area contributed by atoms with Crippen molar-refractivity contribution in [1.29, 1.82) is 5.26 Å². The summed E-state index contributed by atoms with van der Waals surface area (Å²) in [6, 6.07) is 19.7. The number of anilines is 1. The van der Waals surface area contributed by atoms with Crippen LogP contribution >= 0.6 is 0 Å². The van der Waals surface area contributed by atoms with E-state index in [1.54, 1.807) is 0 Å². The SMILES string of the molecule is Cc1ccccc1C(=O)N1CCN(c2nc3ccccc3cc2C#N)CC1. The first-order valence-electron chi connectivity index (χ1n) is 9.07. The number of piperazine rings is 1. The number of aromatic nitrogens is 1. The van der Waals surface area contributed by atoms with Crippen molar-refractivity contribution in [2.45, 2.75) is 6.92 Å². The van der Waals surface area contributed by atoms with Gasteiger partial charge in [0, 0.05) is 37.1 Å². The number of nitrogens with zero attached hydrogens (tertiary/aromatic N) is 4. The number of pyridine rings is 1. The molecule has 4 rings (SSSR count). The van der Waals surface area contributed by atoms with Gasteiger partial charge in [-0.1, -0.05) is 36.4 Å². The summed E-state index contributed by atoms with van der Waals surface area (Å²) in [5.41, 5.74) is 3.21. The van der Waals surface area contributed by atoms with E-state index in [1.165, 1.54) is 0 Å². The van der Waals surface area contributed by atoms with E-state index in [4.69, 9.17) is 4.98 Å². The van der Waals surface area contributed by atoms with Gasteiger partial charge < -0.3 is 9.80 Å². The molecule has 1 aliphatic rings. The molecule has 1 saturated heterocycles. The Bertz CT molecular complexity index is 1050. The van der Waals surface area contributed by atoms with Gasteiger partial charge in [0.05, 0.1) is 11.1 Å². The molecule has 2 aromatic carbocycles. The Balaban J connectivity index is 1.54. The Morgan fingerprint density at radius 3 is 2.48 bits per heavy atom. The summed E-state index contributed by atoms with van der Waals surface area (Å²) in [7, 11) is 0. The fourth-order valence-corrected chi connectivity index (χ4v) is 3.53. The number of benzene rings is 2. The molecule has 1 aliphatic heterocycles. The molecular formula is C22H20N4O. The second-order valence-electron chi connectivity index (χ2n) is 6.76. The van der Waals surface area contributed by atoms with Crippen molar-refractivity contribution in [3.8, 4) is 6.07 Å². The summed E-state index contributed by atoms with van der Waals surface area (Å²) < 4.78 is 0. The molecule has 0 saturated carbocycles. The van der Waals surface area contributed by atoms with Gasteiger partial charge in [0.15, 0.2) is 0 Å². The van der Waals surface area contributed by atoms with Gasteiger partial charge in [0.1, 0.15) is 11.9 Å². The lowest BCUT2D eigenvalue weighted by Crippen LogP contribution is -2.49. The van der Waals surface area contributed by atoms with Gasteiger partial charge in [0.2, 0.25) is 0 Å². The van der Waals surface area contributed by atoms with E-state index in [0.29, 0.717) is 37.6 Å². The maximum absolute atomic E-state index is 12.8. The van der Waals surface area contributed by atoms with Crippen LogP contribution in [-0.4, -0.2) is 42.0 Å². The van der Waals surface area contributed by atoms with E-state index in [9.17, 15) is 10.1 Å². The Hall–Kier alpha value is -3.39. The molecule has 2 heterocycles. The number of carbonyl (C=O) groups is 1. The average Bonchev–Trinajstić information content (AvgIpc) is 2.72. The fourth-order valence-electron chi connectivity index (χ4n) is 3.53. The Morgan fingerprint density at radius 2 is 1.74 bits per heavy atom. The van der Waals surface area contributed by atoms with Crippen molar-refractivity contribution in [2.75, 3.05) is 31.1 Å². The molecule has 0 N–H and O–H groups in total. The summed E-state index contributed by atoms with van der Waals surface area (Å²) in [6.45, 7) is 4.52. The van der Waals surface area contributed by atoms with Gasteiger partial charge in [-0.05, 0) is 30.7 Å². The highest BCUT2D eigenvalue weighted by atomic mass is 16.2. The first-order chi connectivity index (χ1) is 13.2. The highest BCUT2D eigenvalue weighted by Gasteiger charge is 2.25. The summed E-state index contributed by atoms with van der Waals surface area (Å²) >= 11 is 0. The molecule has 134 valence electrons. The third kappa shape index (κ3) is 3.22. The van der Waals surface area contributed by atoms with E-state index >= 15 is 0 Å². The van der Waals surface area contributed by atoms with Crippen LogP contribution in [0.4, 0.5) is 5.82 Å². The van der Waals surface area contributed by atoms with Crippen LogP contribution in [0, 0.1) is 18.3 Å². The summed E-state index contributed by atoms with van der Waals surface area (Å²) in [5.74, 6) is 0.777. The molecule has 1 fully saturated rings. The van der Waals surface area contributed by atoms with E-state index in [1.807, 2.05) is 66.4 Å². The largest absolute Gasteiger partial charge is 0.352 e. The Labute approximate surface area is 158 Å². The van der Waals surface area contributed by atoms with Crippen LogP contribution in [0.5, 0.6) is 0 Å². The van der Waals surface area contributed by atoms with E-state index < -0.39 is 0 Å². The minimum absolute atomic E-state index is 0.0692. The lowest BCUT2D eigenvalue weighted by Gasteiger charge is -2.36. The highest BCUT2D eigenvalue weighted by molar-refractivity contribution is 5.95. The number of rotatable bonds is 2. The van der Waals surface area contributed by atoms with Crippen molar-refractivity contribution >= 4 is 22.6 Å². The lowest BCUT2D eigenvalue weighted by molar-refractivity contribution is 0.0746. The van der Waals surface area contributed by atoms with Gasteiger partial charge in [-0.3, -0.25) is 4.79 Å². The third-order valence-electron chi connectivity index (χ3n) is 5.07. The summed E-state index contributed by atoms with van der Waals surface area (Å²) in [5, 5.41) is 10.5. The number of hydrogen-bond donors (Lipinski definition) is 0. The normalized spacial score (nSPS) is 14.2. The molecule has 3 aromatic rings. The third-order valence-corrected chi connectivity index (χ3v) is 5.07. The molecule has 0 aliphatic carbocycles. The van der Waals surface area contributed by atoms with Crippen molar-refractivity contribution in [3.05, 3.63) is 71.3 Å². The second kappa shape index (κ2) is 7.08. The number of nitriles is 1. The van der Waals surface area contributed by atoms with Crippen LogP contribution in [-0.2, 0) is 0 Å². The molecule has 0 bridgehead atoms. The van der Waals surface area contributed by atoms with Crippen molar-refractivity contribution in [2.24, 2.45) is 0 Å². The second-order valence-corrected chi connectivity index (χ2v) is 6.76. The number of amides is 1. The fraction of sp³-hybridized carbons (Fsp3) is 0.227. The predicted molar refractivity (Wildman–Crippen MR) is 106 cm³/mol. The molecule has 5 heteroatoms. The monoisotopic (exact) mass is 356 g/mol. The zero-order valence-corrected chi connectivity index (χ0v) is 15.2. The molecule has 1 amide bonds. The number of aryl methyl sites for hydroxylation is 1. The number of hydrogen-bond acceptors (Lipinski definition) is 4. The van der Waals surface area contributed by atoms with Crippen LogP contribution < -0.4 is 4.90 Å². The van der Waals surface area contributed by atoms with Gasteiger partial charge in [-0.25, -0.2) is 4.98 Å². The van der Waals surface area contributed by atoms with Crippen molar-refractivity contribution in [3.63, 3.8) is 0 Å². The van der Waals surface area contributed by atoms with Crippen LogP contribution in [0.2, 0.25) is 0 Å². The molecule has 0 atom stereocenters. The van der Waals surface area contributed by atoms with Gasteiger partial charge in [0.25, 0.3) is 5.91 Å². The molecule has 0 spiro atoms. The zero-order valence-electron chi connectivity index (χ0n) is 15.2. The minimum Gasteiger partial charge on any atom is -0.352 e. The van der Waals surface area contributed by atoms with Crippen molar-refractivity contribution in [1.82, 2.24) is 9.88 Å². The predicted octanol–water partition coefficient (Wildman–Crippen LogP) is 3.38. The molecule has 5 nitrogen and oxygen atoms in total. The van der Waals surface area contributed by atoms with E-state index in [-0.39, 0.29) is 5.91 Å². The first kappa shape index (κ1) is 17.0. The molecular weight excluding hydrogens is 336 g/mol. The average molecular weight is 356 g/mol. The van der Waals surface area contributed by atoms with Crippen LogP contribution in [0.25, 0.3) is 10.9 Å². The highest BCUT2D eigenvalue weighted by Crippen LogP contribution is 2.24. The Morgan fingerprint density at radius 1 is 1.04 bits per heavy atom. The van der Waals surface area contributed by atoms with Gasteiger partial charge in [-0.15, -0.1) is 0 Å². The topological polar surface area (TPSA) is 60.2 Å². The number of fused-ring (bicyclic) bond motifs is 1. The lowest BCUT2D eigenvalue weighted by atomic mass is 10.1. The number of para-hydroxylation sites is 1. The molecule has 27 heavy (non-hydrogen) atoms. The zero-order chi connectivity index (χ0) is 18.8. The van der Waals surface area contributed by atoms with Gasteiger partial charge >= 0.3 is 0 Å². The summed E-state index contributed by atoms with van der Waals surface area (Å²) in [4.78, 5) is 21.5. The Kier molecular flexibility index (Phi) is 4.47. The van der Waals surface area contributed by atoms with Crippen LogP contribution in [0.15, 0.2) is 54.6 Å². The first-order valence-corrected chi connectivity index (χ1v) is 9.07. The smallest absolute Gasteiger partial charge is 0.254 e. The van der Waals surface area contributed by atoms with E-state index in [0.717, 1.165) is 22.0 Å². The minimum atomic E-state index is 0.0692. The van der Waals surface area contributed by atoms with Gasteiger partial charge in [-0.2, -0.15) is 5.26 Å². The quantitative estimate of drug-likeness (QED) is 0.706. The summed E-state index contributed by atoms with van der Waals surface area (Å²) in [6.07, 6.45) is 0. The number of carbonyl (C=O) groups excluding carboxylic acids is 1. The molecule has 0 radical (unpaired) electrons. The maximum Gasteiger partial charge on any atom is 0.254 e. The maximum atomic E-state index is 12.8. The van der Waals surface area contributed by atoms with Crippen LogP contribution in [0.1, 0.15) is 21.5 Å². The van der Waals surface area contributed by atoms with Crippen molar-refractivity contribution < 1.29 is 4.79 Å². The van der Waals surface area contributed by atoms with Crippen LogP contribution in [0.3, 0.4) is 0 Å². The molecule has 0 unspecified atom stereocenters. The van der Waals surface area contributed by atoms with E-state index in [2.05, 4.69) is 11.0 Å². The standard InChI is InChI=1S/C22H20N4O/c1-16-6-2-4-8-19(16)22(27)26-12-10-25(11-13-26)21-18(15-23)14-17-7-3-5-9-20(17)24-21/h2-9,14H,10-13H2,1H3. The molecule has 1 aromatic heterocycles.